The SMILES string of the molecule is CN(C(=O)CNC(=O)Nc1ccccc1)[C@H](CN1CCC(O)C1)c1ccccc1. The Kier molecular flexibility index (Phi) is 7.21. The largest absolute Gasteiger partial charge is 0.392 e. The van der Waals surface area contributed by atoms with Crippen molar-refractivity contribution in [3.8, 4) is 0 Å². The molecule has 3 amide bonds. The minimum atomic E-state index is -0.420. The molecule has 0 radical (unpaired) electrons. The number of anilines is 1. The average molecular weight is 396 g/mol. The first kappa shape index (κ1) is 20.8. The number of para-hydroxylation sites is 1. The van der Waals surface area contributed by atoms with Crippen LogP contribution in [0.5, 0.6) is 0 Å². The smallest absolute Gasteiger partial charge is 0.319 e. The fraction of sp³-hybridized carbons (Fsp3) is 0.364. The van der Waals surface area contributed by atoms with E-state index in [1.165, 1.54) is 0 Å². The van der Waals surface area contributed by atoms with E-state index < -0.39 is 6.03 Å². The van der Waals surface area contributed by atoms with E-state index >= 15 is 0 Å². The number of aliphatic hydroxyl groups is 1. The van der Waals surface area contributed by atoms with Gasteiger partial charge < -0.3 is 20.6 Å². The Morgan fingerprint density at radius 3 is 2.41 bits per heavy atom. The van der Waals surface area contributed by atoms with Gasteiger partial charge in [-0.1, -0.05) is 48.5 Å². The lowest BCUT2D eigenvalue weighted by molar-refractivity contribution is -0.131. The van der Waals surface area contributed by atoms with Gasteiger partial charge in [0.2, 0.25) is 5.91 Å². The zero-order valence-corrected chi connectivity index (χ0v) is 16.6. The Hall–Kier alpha value is -2.90. The number of carbonyl (C=O) groups is 2. The number of benzene rings is 2. The standard InChI is InChI=1S/C22H28N4O3/c1-25(21(28)14-23-22(29)24-18-10-6-3-7-11-18)20(17-8-4-2-5-9-17)16-26-13-12-19(27)15-26/h2-11,19-20,27H,12-16H2,1H3,(H2,23,24,29)/t19?,20-/m1/s1. The molecule has 29 heavy (non-hydrogen) atoms. The second-order valence-corrected chi connectivity index (χ2v) is 7.31. The Morgan fingerprint density at radius 2 is 1.79 bits per heavy atom. The number of carbonyl (C=O) groups excluding carboxylic acids is 2. The lowest BCUT2D eigenvalue weighted by Gasteiger charge is -2.32. The highest BCUT2D eigenvalue weighted by Gasteiger charge is 2.28. The fourth-order valence-corrected chi connectivity index (χ4v) is 3.50. The van der Waals surface area contributed by atoms with Gasteiger partial charge in [0.05, 0.1) is 18.7 Å². The van der Waals surface area contributed by atoms with E-state index in [0.717, 1.165) is 18.5 Å². The summed E-state index contributed by atoms with van der Waals surface area (Å²) < 4.78 is 0. The van der Waals surface area contributed by atoms with E-state index in [0.29, 0.717) is 18.8 Å². The molecule has 3 N–H and O–H groups in total. The van der Waals surface area contributed by atoms with Crippen molar-refractivity contribution in [3.63, 3.8) is 0 Å². The summed E-state index contributed by atoms with van der Waals surface area (Å²) in [5.41, 5.74) is 1.69. The molecule has 0 bridgehead atoms. The van der Waals surface area contributed by atoms with Crippen molar-refractivity contribution in [1.29, 1.82) is 0 Å². The highest BCUT2D eigenvalue weighted by atomic mass is 16.3. The predicted octanol–water partition coefficient (Wildman–Crippen LogP) is 2.07. The van der Waals surface area contributed by atoms with Crippen LogP contribution in [0, 0.1) is 0 Å². The van der Waals surface area contributed by atoms with Crippen LogP contribution in [0.2, 0.25) is 0 Å². The van der Waals surface area contributed by atoms with Crippen LogP contribution >= 0.6 is 0 Å². The number of aliphatic hydroxyl groups excluding tert-OH is 1. The van der Waals surface area contributed by atoms with E-state index in [2.05, 4.69) is 15.5 Å². The number of β-amino-alcohol motifs (C(OH)–C–C–N with tert-alkyl or cyclic N) is 1. The molecule has 0 saturated carbocycles. The molecule has 1 heterocycles. The maximum absolute atomic E-state index is 12.8. The van der Waals surface area contributed by atoms with Crippen molar-refractivity contribution in [2.24, 2.45) is 0 Å². The van der Waals surface area contributed by atoms with Crippen molar-refractivity contribution < 1.29 is 14.7 Å². The molecular weight excluding hydrogens is 368 g/mol. The lowest BCUT2D eigenvalue weighted by atomic mass is 10.0. The van der Waals surface area contributed by atoms with Gasteiger partial charge in [0.25, 0.3) is 0 Å². The van der Waals surface area contributed by atoms with E-state index in [-0.39, 0.29) is 24.6 Å². The van der Waals surface area contributed by atoms with E-state index in [1.54, 1.807) is 24.1 Å². The van der Waals surface area contributed by atoms with Crippen molar-refractivity contribution in [3.05, 3.63) is 66.2 Å². The highest BCUT2D eigenvalue weighted by molar-refractivity contribution is 5.92. The molecule has 0 spiro atoms. The number of likely N-dealkylation sites (N-methyl/N-ethyl adjacent to an activating group) is 1. The third-order valence-electron chi connectivity index (χ3n) is 5.16. The topological polar surface area (TPSA) is 84.9 Å². The van der Waals surface area contributed by atoms with Gasteiger partial charge in [0.15, 0.2) is 0 Å². The van der Waals surface area contributed by atoms with Crippen LogP contribution in [0.25, 0.3) is 0 Å². The van der Waals surface area contributed by atoms with Crippen molar-refractivity contribution in [2.45, 2.75) is 18.6 Å². The summed E-state index contributed by atoms with van der Waals surface area (Å²) in [5.74, 6) is -0.179. The van der Waals surface area contributed by atoms with Crippen LogP contribution in [-0.4, -0.2) is 66.2 Å². The van der Waals surface area contributed by atoms with Gasteiger partial charge in [-0.25, -0.2) is 4.79 Å². The van der Waals surface area contributed by atoms with Gasteiger partial charge in [-0.2, -0.15) is 0 Å². The van der Waals surface area contributed by atoms with Gasteiger partial charge in [-0.3, -0.25) is 9.69 Å². The van der Waals surface area contributed by atoms with Crippen LogP contribution in [0.1, 0.15) is 18.0 Å². The molecule has 7 heteroatoms. The van der Waals surface area contributed by atoms with Gasteiger partial charge in [0.1, 0.15) is 0 Å². The molecule has 1 fully saturated rings. The molecule has 0 aliphatic carbocycles. The molecule has 1 aliphatic heterocycles. The van der Waals surface area contributed by atoms with Crippen LogP contribution in [0.3, 0.4) is 0 Å². The van der Waals surface area contributed by atoms with Gasteiger partial charge in [-0.15, -0.1) is 0 Å². The molecule has 2 aromatic carbocycles. The summed E-state index contributed by atoms with van der Waals surface area (Å²) in [6, 6.07) is 18.3. The van der Waals surface area contributed by atoms with Crippen LogP contribution in [0.15, 0.2) is 60.7 Å². The van der Waals surface area contributed by atoms with E-state index in [9.17, 15) is 14.7 Å². The van der Waals surface area contributed by atoms with Crippen molar-refractivity contribution in [2.75, 3.05) is 38.5 Å². The number of nitrogens with zero attached hydrogens (tertiary/aromatic N) is 2. The molecule has 154 valence electrons. The fourth-order valence-electron chi connectivity index (χ4n) is 3.50. The Balaban J connectivity index is 1.59. The molecule has 1 aliphatic rings. The summed E-state index contributed by atoms with van der Waals surface area (Å²) in [4.78, 5) is 28.7. The minimum absolute atomic E-state index is 0.0961. The first-order valence-corrected chi connectivity index (χ1v) is 9.84. The van der Waals surface area contributed by atoms with E-state index in [1.807, 2.05) is 48.5 Å². The lowest BCUT2D eigenvalue weighted by Crippen LogP contribution is -2.44. The average Bonchev–Trinajstić information content (AvgIpc) is 3.16. The molecule has 1 unspecified atom stereocenters. The number of hydrogen-bond donors (Lipinski definition) is 3. The Morgan fingerprint density at radius 1 is 1.14 bits per heavy atom. The quantitative estimate of drug-likeness (QED) is 0.669. The third kappa shape index (κ3) is 6.04. The van der Waals surface area contributed by atoms with E-state index in [4.69, 9.17) is 0 Å². The monoisotopic (exact) mass is 396 g/mol. The molecule has 2 aromatic rings. The molecule has 2 atom stereocenters. The zero-order valence-electron chi connectivity index (χ0n) is 16.6. The maximum atomic E-state index is 12.8. The number of nitrogens with one attached hydrogen (secondary N) is 2. The van der Waals surface area contributed by atoms with Gasteiger partial charge in [-0.05, 0) is 24.1 Å². The number of hydrogen-bond acceptors (Lipinski definition) is 4. The number of amides is 3. The first-order valence-electron chi connectivity index (χ1n) is 9.84. The number of likely N-dealkylation sites (tertiary alicyclic amines) is 1. The minimum Gasteiger partial charge on any atom is -0.392 e. The second kappa shape index (κ2) is 10.0. The summed E-state index contributed by atoms with van der Waals surface area (Å²) >= 11 is 0. The third-order valence-corrected chi connectivity index (χ3v) is 5.16. The molecular formula is C22H28N4O3. The maximum Gasteiger partial charge on any atom is 0.319 e. The molecule has 1 saturated heterocycles. The highest BCUT2D eigenvalue weighted by Crippen LogP contribution is 2.23. The van der Waals surface area contributed by atoms with Crippen LogP contribution < -0.4 is 10.6 Å². The normalized spacial score (nSPS) is 17.5. The summed E-state index contributed by atoms with van der Waals surface area (Å²) in [6.45, 7) is 1.97. The number of urea groups is 1. The summed E-state index contributed by atoms with van der Waals surface area (Å²) in [6.07, 6.45) is 0.441. The number of rotatable bonds is 7. The van der Waals surface area contributed by atoms with Gasteiger partial charge >= 0.3 is 6.03 Å². The molecule has 0 aromatic heterocycles. The summed E-state index contributed by atoms with van der Waals surface area (Å²) in [5, 5.41) is 15.1. The van der Waals surface area contributed by atoms with Crippen molar-refractivity contribution in [1.82, 2.24) is 15.1 Å². The second-order valence-electron chi connectivity index (χ2n) is 7.31. The Bertz CT molecular complexity index is 800. The molecule has 3 rings (SSSR count). The van der Waals surface area contributed by atoms with Crippen molar-refractivity contribution >= 4 is 17.6 Å². The Labute approximate surface area is 171 Å². The van der Waals surface area contributed by atoms with Crippen LogP contribution in [0.4, 0.5) is 10.5 Å². The predicted molar refractivity (Wildman–Crippen MR) is 112 cm³/mol. The first-order chi connectivity index (χ1) is 14.0. The van der Waals surface area contributed by atoms with Crippen LogP contribution in [-0.2, 0) is 4.79 Å². The summed E-state index contributed by atoms with van der Waals surface area (Å²) in [7, 11) is 1.75. The van der Waals surface area contributed by atoms with Gasteiger partial charge in [0, 0.05) is 32.4 Å². The zero-order chi connectivity index (χ0) is 20.6. The molecule has 7 nitrogen and oxygen atoms in total.